The minimum absolute atomic E-state index is 0.183. The summed E-state index contributed by atoms with van der Waals surface area (Å²) in [6, 6.07) is -0.627. The lowest BCUT2D eigenvalue weighted by molar-refractivity contribution is -0.137. The Kier molecular flexibility index (Phi) is 1.48. The molecule has 1 aliphatic rings. The molecule has 0 saturated carbocycles. The van der Waals surface area contributed by atoms with Crippen molar-refractivity contribution in [2.75, 3.05) is 7.05 Å². The van der Waals surface area contributed by atoms with Crippen LogP contribution in [0.2, 0.25) is 0 Å². The third-order valence-corrected chi connectivity index (χ3v) is 1.87. The third-order valence-electron chi connectivity index (χ3n) is 1.87. The Morgan fingerprint density at radius 3 is 2.00 bits per heavy atom. The van der Waals surface area contributed by atoms with Gasteiger partial charge in [-0.2, -0.15) is 0 Å². The van der Waals surface area contributed by atoms with Crippen LogP contribution < -0.4 is 5.73 Å². The molecule has 1 aliphatic heterocycles. The van der Waals surface area contributed by atoms with E-state index in [-0.39, 0.29) is 17.7 Å². The van der Waals surface area contributed by atoms with Crippen LogP contribution in [0.4, 0.5) is 0 Å². The van der Waals surface area contributed by atoms with E-state index in [4.69, 9.17) is 5.73 Å². The zero-order valence-electron chi connectivity index (χ0n) is 6.00. The van der Waals surface area contributed by atoms with Crippen LogP contribution in [0, 0.1) is 5.92 Å². The maximum absolute atomic E-state index is 11.0. The fraction of sp³-hybridized carbons (Fsp3) is 0.667. The summed E-state index contributed by atoms with van der Waals surface area (Å²) in [5.41, 5.74) is 5.39. The first-order chi connectivity index (χ1) is 4.55. The predicted octanol–water partition coefficient (Wildman–Crippen LogP) is -1.05. The fourth-order valence-corrected chi connectivity index (χ4v) is 1.01. The topological polar surface area (TPSA) is 63.4 Å². The van der Waals surface area contributed by atoms with E-state index in [2.05, 4.69) is 0 Å². The van der Waals surface area contributed by atoms with E-state index in [0.29, 0.717) is 0 Å². The molecular formula is C6H10N2O2. The van der Waals surface area contributed by atoms with Crippen LogP contribution in [-0.2, 0) is 9.59 Å². The SMILES string of the molecule is CC1C(=O)N(C)C(=O)C1N. The number of imide groups is 1. The molecule has 4 nitrogen and oxygen atoms in total. The average molecular weight is 142 g/mol. The number of hydrogen-bond donors (Lipinski definition) is 1. The molecule has 1 heterocycles. The molecule has 4 heteroatoms. The van der Waals surface area contributed by atoms with Gasteiger partial charge in [-0.15, -0.1) is 0 Å². The lowest BCUT2D eigenvalue weighted by atomic mass is 10.1. The lowest BCUT2D eigenvalue weighted by Crippen LogP contribution is -2.33. The van der Waals surface area contributed by atoms with Gasteiger partial charge in [0.15, 0.2) is 0 Å². The second kappa shape index (κ2) is 2.05. The Labute approximate surface area is 59.0 Å². The van der Waals surface area contributed by atoms with Crippen LogP contribution in [0.5, 0.6) is 0 Å². The highest BCUT2D eigenvalue weighted by Gasteiger charge is 2.40. The van der Waals surface area contributed by atoms with Gasteiger partial charge in [0.1, 0.15) is 0 Å². The molecule has 0 aromatic heterocycles. The van der Waals surface area contributed by atoms with Crippen molar-refractivity contribution in [3.8, 4) is 0 Å². The number of carbonyl (C=O) groups is 2. The Hall–Kier alpha value is -0.900. The lowest BCUT2D eigenvalue weighted by Gasteiger charge is -2.03. The Morgan fingerprint density at radius 2 is 1.90 bits per heavy atom. The largest absolute Gasteiger partial charge is 0.319 e. The molecule has 0 spiro atoms. The second-order valence-electron chi connectivity index (χ2n) is 2.55. The molecule has 0 aliphatic carbocycles. The zero-order valence-corrected chi connectivity index (χ0v) is 6.00. The van der Waals surface area contributed by atoms with E-state index in [1.54, 1.807) is 6.92 Å². The number of amides is 2. The monoisotopic (exact) mass is 142 g/mol. The number of likely N-dealkylation sites (tertiary alicyclic amines) is 1. The van der Waals surface area contributed by atoms with Crippen molar-refractivity contribution < 1.29 is 9.59 Å². The molecule has 2 atom stereocenters. The third kappa shape index (κ3) is 0.724. The Bertz CT molecular complexity index is 170. The van der Waals surface area contributed by atoms with Crippen molar-refractivity contribution in [2.45, 2.75) is 13.0 Å². The highest BCUT2D eigenvalue weighted by molar-refractivity contribution is 6.06. The van der Waals surface area contributed by atoms with Gasteiger partial charge < -0.3 is 5.73 Å². The van der Waals surface area contributed by atoms with Gasteiger partial charge in [0, 0.05) is 7.05 Å². The minimum atomic E-state index is -0.627. The van der Waals surface area contributed by atoms with Crippen molar-refractivity contribution in [1.29, 1.82) is 0 Å². The smallest absolute Gasteiger partial charge is 0.246 e. The molecule has 2 N–H and O–H groups in total. The summed E-state index contributed by atoms with van der Waals surface area (Å²) in [6.07, 6.45) is 0. The van der Waals surface area contributed by atoms with Crippen LogP contribution in [0.3, 0.4) is 0 Å². The summed E-state index contributed by atoms with van der Waals surface area (Å²) in [6.45, 7) is 1.66. The summed E-state index contributed by atoms with van der Waals surface area (Å²) >= 11 is 0. The van der Waals surface area contributed by atoms with E-state index in [1.165, 1.54) is 7.05 Å². The van der Waals surface area contributed by atoms with E-state index >= 15 is 0 Å². The van der Waals surface area contributed by atoms with Gasteiger partial charge in [-0.1, -0.05) is 6.92 Å². The number of carbonyl (C=O) groups excluding carboxylic acids is 2. The molecule has 1 rings (SSSR count). The highest BCUT2D eigenvalue weighted by Crippen LogP contribution is 2.15. The molecular weight excluding hydrogens is 132 g/mol. The molecule has 0 bridgehead atoms. The molecule has 0 aromatic carbocycles. The van der Waals surface area contributed by atoms with Crippen molar-refractivity contribution in [1.82, 2.24) is 4.90 Å². The zero-order chi connectivity index (χ0) is 7.89. The van der Waals surface area contributed by atoms with Crippen molar-refractivity contribution in [3.63, 3.8) is 0 Å². The van der Waals surface area contributed by atoms with Crippen LogP contribution >= 0.6 is 0 Å². The highest BCUT2D eigenvalue weighted by atomic mass is 16.2. The van der Waals surface area contributed by atoms with E-state index < -0.39 is 6.04 Å². The summed E-state index contributed by atoms with van der Waals surface area (Å²) in [4.78, 5) is 22.9. The molecule has 0 aromatic rings. The van der Waals surface area contributed by atoms with Crippen LogP contribution in [0.1, 0.15) is 6.92 Å². The van der Waals surface area contributed by atoms with Gasteiger partial charge >= 0.3 is 0 Å². The molecule has 56 valence electrons. The van der Waals surface area contributed by atoms with Gasteiger partial charge in [-0.05, 0) is 0 Å². The van der Waals surface area contributed by atoms with Crippen molar-refractivity contribution in [2.24, 2.45) is 11.7 Å². The number of hydrogen-bond acceptors (Lipinski definition) is 3. The Balaban J connectivity index is 2.89. The van der Waals surface area contributed by atoms with Gasteiger partial charge in [0.2, 0.25) is 11.8 Å². The average Bonchev–Trinajstić information content (AvgIpc) is 2.07. The van der Waals surface area contributed by atoms with E-state index in [0.717, 1.165) is 4.90 Å². The first kappa shape index (κ1) is 7.21. The van der Waals surface area contributed by atoms with Crippen LogP contribution in [0.25, 0.3) is 0 Å². The summed E-state index contributed by atoms with van der Waals surface area (Å²) in [5, 5.41) is 0. The van der Waals surface area contributed by atoms with Gasteiger partial charge in [-0.3, -0.25) is 14.5 Å². The van der Waals surface area contributed by atoms with Crippen LogP contribution in [-0.4, -0.2) is 29.8 Å². The van der Waals surface area contributed by atoms with Crippen molar-refractivity contribution in [3.05, 3.63) is 0 Å². The second-order valence-corrected chi connectivity index (χ2v) is 2.55. The number of likely N-dealkylation sites (N-methyl/N-ethyl adjacent to an activating group) is 1. The molecule has 1 saturated heterocycles. The van der Waals surface area contributed by atoms with E-state index in [9.17, 15) is 9.59 Å². The quantitative estimate of drug-likeness (QED) is 0.439. The minimum Gasteiger partial charge on any atom is -0.319 e. The molecule has 2 amide bonds. The number of nitrogens with two attached hydrogens (primary N) is 1. The molecule has 2 unspecified atom stereocenters. The normalized spacial score (nSPS) is 33.7. The predicted molar refractivity (Wildman–Crippen MR) is 34.9 cm³/mol. The van der Waals surface area contributed by atoms with E-state index in [1.807, 2.05) is 0 Å². The summed E-state index contributed by atoms with van der Waals surface area (Å²) < 4.78 is 0. The first-order valence-electron chi connectivity index (χ1n) is 3.12. The van der Waals surface area contributed by atoms with Gasteiger partial charge in [0.25, 0.3) is 0 Å². The number of nitrogens with zero attached hydrogens (tertiary/aromatic N) is 1. The van der Waals surface area contributed by atoms with Gasteiger partial charge in [-0.25, -0.2) is 0 Å². The van der Waals surface area contributed by atoms with Gasteiger partial charge in [0.05, 0.1) is 12.0 Å². The molecule has 0 radical (unpaired) electrons. The standard InChI is InChI=1S/C6H10N2O2/c1-3-4(7)6(10)8(2)5(3)9/h3-4H,7H2,1-2H3. The maximum Gasteiger partial charge on any atom is 0.246 e. The maximum atomic E-state index is 11.0. The van der Waals surface area contributed by atoms with Crippen LogP contribution in [0.15, 0.2) is 0 Å². The molecule has 10 heavy (non-hydrogen) atoms. The number of rotatable bonds is 0. The first-order valence-corrected chi connectivity index (χ1v) is 3.12. The fourth-order valence-electron chi connectivity index (χ4n) is 1.01. The summed E-state index contributed by atoms with van der Waals surface area (Å²) in [7, 11) is 1.45. The Morgan fingerprint density at radius 1 is 1.40 bits per heavy atom. The summed E-state index contributed by atoms with van der Waals surface area (Å²) in [5.74, 6) is -0.812. The van der Waals surface area contributed by atoms with Crippen molar-refractivity contribution >= 4 is 11.8 Å². The molecule has 1 fully saturated rings.